The molecule has 0 aliphatic carbocycles. The standard InChI is InChI=1S/C24H25NO3S2/c1-18-5-9-20(10-6-18)25(16-22-4-2-13-27-22)23(26)17-28-21-11-7-19(8-12-21)24-29-14-3-15-30-24/h2,4-13,24H,3,14-17H2,1H3. The summed E-state index contributed by atoms with van der Waals surface area (Å²) in [5, 5.41) is 0. The molecule has 0 bridgehead atoms. The lowest BCUT2D eigenvalue weighted by Crippen LogP contribution is -2.34. The van der Waals surface area contributed by atoms with Gasteiger partial charge >= 0.3 is 0 Å². The number of thioether (sulfide) groups is 2. The van der Waals surface area contributed by atoms with Gasteiger partial charge in [-0.1, -0.05) is 29.8 Å². The van der Waals surface area contributed by atoms with Crippen LogP contribution in [0.2, 0.25) is 0 Å². The van der Waals surface area contributed by atoms with Crippen molar-refractivity contribution in [2.75, 3.05) is 23.0 Å². The molecule has 3 aromatic rings. The molecule has 1 aliphatic heterocycles. The fourth-order valence-corrected chi connectivity index (χ4v) is 6.13. The molecule has 2 aromatic carbocycles. The number of benzene rings is 2. The molecule has 30 heavy (non-hydrogen) atoms. The minimum Gasteiger partial charge on any atom is -0.484 e. The van der Waals surface area contributed by atoms with Crippen molar-refractivity contribution in [3.05, 3.63) is 83.8 Å². The molecule has 1 amide bonds. The highest BCUT2D eigenvalue weighted by molar-refractivity contribution is 8.16. The fourth-order valence-electron chi connectivity index (χ4n) is 3.23. The van der Waals surface area contributed by atoms with Gasteiger partial charge in [-0.2, -0.15) is 0 Å². The summed E-state index contributed by atoms with van der Waals surface area (Å²) in [5.74, 6) is 3.76. The first-order chi connectivity index (χ1) is 14.7. The zero-order chi connectivity index (χ0) is 20.8. The Hall–Kier alpha value is -2.31. The summed E-state index contributed by atoms with van der Waals surface area (Å²) in [4.78, 5) is 14.7. The average Bonchev–Trinajstić information content (AvgIpc) is 3.31. The number of ether oxygens (including phenoxy) is 1. The van der Waals surface area contributed by atoms with Crippen LogP contribution in [-0.2, 0) is 11.3 Å². The van der Waals surface area contributed by atoms with Crippen LogP contribution in [0.5, 0.6) is 5.75 Å². The van der Waals surface area contributed by atoms with Crippen molar-refractivity contribution < 1.29 is 13.9 Å². The van der Waals surface area contributed by atoms with E-state index in [1.54, 1.807) is 11.2 Å². The summed E-state index contributed by atoms with van der Waals surface area (Å²) in [7, 11) is 0. The largest absolute Gasteiger partial charge is 0.484 e. The van der Waals surface area contributed by atoms with Crippen LogP contribution in [0.25, 0.3) is 0 Å². The lowest BCUT2D eigenvalue weighted by molar-refractivity contribution is -0.120. The van der Waals surface area contributed by atoms with Crippen LogP contribution in [0.15, 0.2) is 71.3 Å². The molecule has 1 saturated heterocycles. The zero-order valence-corrected chi connectivity index (χ0v) is 18.6. The quantitative estimate of drug-likeness (QED) is 0.447. The zero-order valence-electron chi connectivity index (χ0n) is 17.0. The van der Waals surface area contributed by atoms with Gasteiger partial charge in [0.25, 0.3) is 5.91 Å². The molecule has 1 aliphatic rings. The Morgan fingerprint density at radius 2 is 1.80 bits per heavy atom. The number of rotatable bonds is 7. The highest BCUT2D eigenvalue weighted by Crippen LogP contribution is 2.43. The molecule has 0 radical (unpaired) electrons. The normalized spacial score (nSPS) is 14.4. The Bertz CT molecular complexity index is 934. The third-order valence-electron chi connectivity index (χ3n) is 4.88. The molecule has 1 aromatic heterocycles. The molecule has 4 nitrogen and oxygen atoms in total. The number of nitrogens with zero attached hydrogens (tertiary/aromatic N) is 1. The predicted octanol–water partition coefficient (Wildman–Crippen LogP) is 6.07. The van der Waals surface area contributed by atoms with Crippen LogP contribution in [-0.4, -0.2) is 24.0 Å². The molecule has 4 rings (SSSR count). The number of hydrogen-bond donors (Lipinski definition) is 0. The van der Waals surface area contributed by atoms with Gasteiger partial charge in [-0.05, 0) is 66.8 Å². The number of hydrogen-bond acceptors (Lipinski definition) is 5. The van der Waals surface area contributed by atoms with Crippen molar-refractivity contribution >= 4 is 35.1 Å². The summed E-state index contributed by atoms with van der Waals surface area (Å²) in [5.41, 5.74) is 3.28. The molecule has 0 atom stereocenters. The second-order valence-electron chi connectivity index (χ2n) is 7.18. The van der Waals surface area contributed by atoms with Gasteiger partial charge in [0.05, 0.1) is 17.4 Å². The smallest absolute Gasteiger partial charge is 0.265 e. The molecule has 0 N–H and O–H groups in total. The Balaban J connectivity index is 1.41. The van der Waals surface area contributed by atoms with E-state index in [1.165, 1.54) is 23.5 Å². The van der Waals surface area contributed by atoms with E-state index >= 15 is 0 Å². The Morgan fingerprint density at radius 3 is 2.47 bits per heavy atom. The molecule has 2 heterocycles. The lowest BCUT2D eigenvalue weighted by atomic mass is 10.2. The topological polar surface area (TPSA) is 42.7 Å². The maximum atomic E-state index is 13.0. The van der Waals surface area contributed by atoms with E-state index in [0.29, 0.717) is 16.9 Å². The van der Waals surface area contributed by atoms with Gasteiger partial charge in [0, 0.05) is 5.69 Å². The second kappa shape index (κ2) is 10.1. The second-order valence-corrected chi connectivity index (χ2v) is 9.90. The van der Waals surface area contributed by atoms with Crippen LogP contribution in [0.1, 0.15) is 27.9 Å². The van der Waals surface area contributed by atoms with E-state index in [2.05, 4.69) is 12.1 Å². The lowest BCUT2D eigenvalue weighted by Gasteiger charge is -2.23. The van der Waals surface area contributed by atoms with Crippen molar-refractivity contribution in [3.63, 3.8) is 0 Å². The average molecular weight is 440 g/mol. The van der Waals surface area contributed by atoms with Gasteiger partial charge in [-0.3, -0.25) is 4.79 Å². The molecule has 6 heteroatoms. The van der Waals surface area contributed by atoms with E-state index in [-0.39, 0.29) is 12.5 Å². The van der Waals surface area contributed by atoms with Gasteiger partial charge in [-0.25, -0.2) is 0 Å². The van der Waals surface area contributed by atoms with Crippen LogP contribution in [0.3, 0.4) is 0 Å². The van der Waals surface area contributed by atoms with E-state index in [1.807, 2.05) is 79.0 Å². The fraction of sp³-hybridized carbons (Fsp3) is 0.292. The minimum atomic E-state index is -0.113. The summed E-state index contributed by atoms with van der Waals surface area (Å²) >= 11 is 3.99. The third kappa shape index (κ3) is 5.43. The van der Waals surface area contributed by atoms with Crippen LogP contribution < -0.4 is 9.64 Å². The maximum absolute atomic E-state index is 13.0. The molecule has 0 saturated carbocycles. The number of carbonyl (C=O) groups is 1. The van der Waals surface area contributed by atoms with E-state index in [4.69, 9.17) is 9.15 Å². The molecule has 1 fully saturated rings. The van der Waals surface area contributed by atoms with Crippen molar-refractivity contribution in [1.29, 1.82) is 0 Å². The Kier molecular flexibility index (Phi) is 7.07. The highest BCUT2D eigenvalue weighted by atomic mass is 32.2. The number of amides is 1. The van der Waals surface area contributed by atoms with Crippen LogP contribution in [0, 0.1) is 6.92 Å². The number of carbonyl (C=O) groups excluding carboxylic acids is 1. The monoisotopic (exact) mass is 439 g/mol. The summed E-state index contributed by atoms with van der Waals surface area (Å²) in [6.07, 6.45) is 2.90. The number of anilines is 1. The molecule has 0 unspecified atom stereocenters. The van der Waals surface area contributed by atoms with Crippen LogP contribution >= 0.6 is 23.5 Å². The number of furan rings is 1. The van der Waals surface area contributed by atoms with Gasteiger partial charge in [0.2, 0.25) is 0 Å². The molecular formula is C24H25NO3S2. The summed E-state index contributed by atoms with van der Waals surface area (Å²) < 4.78 is 11.8. The van der Waals surface area contributed by atoms with Gasteiger partial charge in [0.1, 0.15) is 11.5 Å². The first-order valence-electron chi connectivity index (χ1n) is 10.0. The Morgan fingerprint density at radius 1 is 1.07 bits per heavy atom. The first kappa shape index (κ1) is 20.9. The van der Waals surface area contributed by atoms with E-state index < -0.39 is 0 Å². The van der Waals surface area contributed by atoms with E-state index in [0.717, 1.165) is 17.0 Å². The predicted molar refractivity (Wildman–Crippen MR) is 125 cm³/mol. The summed E-state index contributed by atoms with van der Waals surface area (Å²) in [6, 6.07) is 19.7. The van der Waals surface area contributed by atoms with Crippen molar-refractivity contribution in [2.24, 2.45) is 0 Å². The van der Waals surface area contributed by atoms with E-state index in [9.17, 15) is 4.79 Å². The number of aryl methyl sites for hydroxylation is 1. The first-order valence-corrected chi connectivity index (χ1v) is 12.1. The van der Waals surface area contributed by atoms with Crippen LogP contribution in [0.4, 0.5) is 5.69 Å². The van der Waals surface area contributed by atoms with Crippen molar-refractivity contribution in [2.45, 2.75) is 24.5 Å². The Labute approximate surface area is 186 Å². The van der Waals surface area contributed by atoms with Gasteiger partial charge in [0.15, 0.2) is 6.61 Å². The van der Waals surface area contributed by atoms with Crippen molar-refractivity contribution in [1.82, 2.24) is 0 Å². The molecule has 0 spiro atoms. The van der Waals surface area contributed by atoms with Crippen molar-refractivity contribution in [3.8, 4) is 5.75 Å². The minimum absolute atomic E-state index is 0.0269. The highest BCUT2D eigenvalue weighted by Gasteiger charge is 2.19. The SMILES string of the molecule is Cc1ccc(N(Cc2ccco2)C(=O)COc2ccc(C3SCCCS3)cc2)cc1. The molecule has 156 valence electrons. The molecular weight excluding hydrogens is 414 g/mol. The maximum Gasteiger partial charge on any atom is 0.265 e. The summed E-state index contributed by atoms with van der Waals surface area (Å²) in [6.45, 7) is 2.37. The van der Waals surface area contributed by atoms with Gasteiger partial charge < -0.3 is 14.1 Å². The van der Waals surface area contributed by atoms with Gasteiger partial charge in [-0.15, -0.1) is 23.5 Å². The third-order valence-corrected chi connectivity index (χ3v) is 7.90.